The fourth-order valence-electron chi connectivity index (χ4n) is 3.12. The lowest BCUT2D eigenvalue weighted by molar-refractivity contribution is -0.167. The van der Waals surface area contributed by atoms with E-state index in [1.54, 1.807) is 6.92 Å². The number of hydrogen-bond acceptors (Lipinski definition) is 5. The average Bonchev–Trinajstić information content (AvgIpc) is 2.55. The van der Waals surface area contributed by atoms with Gasteiger partial charge >= 0.3 is 12.1 Å². The molecule has 0 fully saturated rings. The minimum Gasteiger partial charge on any atom is -0.465 e. The van der Waals surface area contributed by atoms with Crippen LogP contribution in [0.15, 0.2) is 0 Å². The Kier molecular flexibility index (Phi) is 12.4. The highest BCUT2D eigenvalue weighted by atomic mass is 16.7. The zero-order chi connectivity index (χ0) is 19.3. The minimum absolute atomic E-state index is 0.244. The van der Waals surface area contributed by atoms with Crippen LogP contribution in [0.3, 0.4) is 0 Å². The molecule has 0 saturated carbocycles. The van der Waals surface area contributed by atoms with Crippen molar-refractivity contribution >= 4 is 12.1 Å². The molecule has 0 aromatic carbocycles. The van der Waals surface area contributed by atoms with E-state index in [4.69, 9.17) is 14.2 Å². The summed E-state index contributed by atoms with van der Waals surface area (Å²) in [6, 6.07) is 0. The van der Waals surface area contributed by atoms with Crippen LogP contribution in [0.1, 0.15) is 86.5 Å². The Hall–Kier alpha value is -1.26. The standard InChI is InChI=1S/C20H38O5/c1-7-11-13-20(14-12-8-2,18(21)23-9-3)17(15-16(5)6)25-19(22)24-10-4/h16-17H,7-15H2,1-6H3. The molecule has 0 N–H and O–H groups in total. The molecule has 1 atom stereocenters. The molecule has 0 radical (unpaired) electrons. The first-order valence-corrected chi connectivity index (χ1v) is 9.88. The molecule has 0 aromatic heterocycles. The maximum Gasteiger partial charge on any atom is 0.508 e. The van der Waals surface area contributed by atoms with Gasteiger partial charge in [0, 0.05) is 0 Å². The SMILES string of the molecule is CCCCC(CCCC)(C(=O)OCC)C(CC(C)C)OC(=O)OCC. The molecule has 0 spiro atoms. The highest BCUT2D eigenvalue weighted by Gasteiger charge is 2.48. The second-order valence-electron chi connectivity index (χ2n) is 7.00. The van der Waals surface area contributed by atoms with E-state index in [-0.39, 0.29) is 18.5 Å². The lowest BCUT2D eigenvalue weighted by atomic mass is 9.71. The van der Waals surface area contributed by atoms with Crippen LogP contribution in [0.5, 0.6) is 0 Å². The number of carbonyl (C=O) groups is 2. The number of rotatable bonds is 13. The predicted molar refractivity (Wildman–Crippen MR) is 99.5 cm³/mol. The third-order valence-corrected chi connectivity index (χ3v) is 4.44. The van der Waals surface area contributed by atoms with Crippen molar-refractivity contribution in [2.24, 2.45) is 11.3 Å². The first-order chi connectivity index (χ1) is 11.9. The summed E-state index contributed by atoms with van der Waals surface area (Å²) < 4.78 is 16.1. The van der Waals surface area contributed by atoms with Gasteiger partial charge in [-0.2, -0.15) is 0 Å². The second kappa shape index (κ2) is 13.0. The smallest absolute Gasteiger partial charge is 0.465 e. The molecular formula is C20H38O5. The van der Waals surface area contributed by atoms with E-state index < -0.39 is 17.7 Å². The molecule has 0 amide bonds. The second-order valence-corrected chi connectivity index (χ2v) is 7.00. The Bertz CT molecular complexity index is 370. The monoisotopic (exact) mass is 358 g/mol. The van der Waals surface area contributed by atoms with E-state index in [1.807, 2.05) is 6.92 Å². The molecule has 0 aliphatic carbocycles. The quantitative estimate of drug-likeness (QED) is 0.407. The summed E-state index contributed by atoms with van der Waals surface area (Å²) in [5, 5.41) is 0. The molecule has 1 unspecified atom stereocenters. The van der Waals surface area contributed by atoms with Crippen LogP contribution in [-0.4, -0.2) is 31.4 Å². The van der Waals surface area contributed by atoms with Gasteiger partial charge in [-0.1, -0.05) is 53.4 Å². The molecule has 0 heterocycles. The van der Waals surface area contributed by atoms with E-state index >= 15 is 0 Å². The first kappa shape index (κ1) is 23.7. The predicted octanol–water partition coefficient (Wildman–Crippen LogP) is 5.50. The van der Waals surface area contributed by atoms with Gasteiger partial charge in [-0.05, 0) is 39.0 Å². The molecule has 0 aliphatic rings. The third-order valence-electron chi connectivity index (χ3n) is 4.44. The number of unbranched alkanes of at least 4 members (excludes halogenated alkanes) is 2. The molecule has 148 valence electrons. The van der Waals surface area contributed by atoms with Gasteiger partial charge < -0.3 is 14.2 Å². The van der Waals surface area contributed by atoms with Crippen LogP contribution in [0.2, 0.25) is 0 Å². The van der Waals surface area contributed by atoms with Crippen LogP contribution < -0.4 is 0 Å². The molecule has 0 aromatic rings. The van der Waals surface area contributed by atoms with Crippen molar-refractivity contribution in [3.63, 3.8) is 0 Å². The lowest BCUT2D eigenvalue weighted by Crippen LogP contribution is -2.47. The maximum absolute atomic E-state index is 13.0. The summed E-state index contributed by atoms with van der Waals surface area (Å²) in [6.45, 7) is 12.5. The Morgan fingerprint density at radius 2 is 1.40 bits per heavy atom. The van der Waals surface area contributed by atoms with Gasteiger partial charge in [0.2, 0.25) is 0 Å². The van der Waals surface area contributed by atoms with Gasteiger partial charge in [0.15, 0.2) is 0 Å². The van der Waals surface area contributed by atoms with E-state index in [9.17, 15) is 9.59 Å². The minimum atomic E-state index is -0.793. The normalized spacial score (nSPS) is 12.8. The summed E-state index contributed by atoms with van der Waals surface area (Å²) in [6.07, 6.45) is 4.46. The highest BCUT2D eigenvalue weighted by Crippen LogP contribution is 2.41. The zero-order valence-corrected chi connectivity index (χ0v) is 17.1. The number of esters is 1. The van der Waals surface area contributed by atoms with Gasteiger partial charge in [0.25, 0.3) is 0 Å². The molecule has 5 heteroatoms. The van der Waals surface area contributed by atoms with Crippen LogP contribution in [0, 0.1) is 11.3 Å². The van der Waals surface area contributed by atoms with E-state index in [1.165, 1.54) is 0 Å². The summed E-state index contributed by atoms with van der Waals surface area (Å²) >= 11 is 0. The van der Waals surface area contributed by atoms with Crippen LogP contribution in [0.25, 0.3) is 0 Å². The Morgan fingerprint density at radius 1 is 0.880 bits per heavy atom. The Balaban J connectivity index is 5.78. The molecular weight excluding hydrogens is 320 g/mol. The van der Waals surface area contributed by atoms with Gasteiger partial charge in [0.1, 0.15) is 11.5 Å². The largest absolute Gasteiger partial charge is 0.508 e. The van der Waals surface area contributed by atoms with Crippen molar-refractivity contribution in [2.45, 2.75) is 92.6 Å². The van der Waals surface area contributed by atoms with Crippen molar-refractivity contribution in [2.75, 3.05) is 13.2 Å². The molecule has 0 rings (SSSR count). The maximum atomic E-state index is 13.0. The van der Waals surface area contributed by atoms with Gasteiger partial charge in [0.05, 0.1) is 13.2 Å². The molecule has 0 aliphatic heterocycles. The molecule has 25 heavy (non-hydrogen) atoms. The number of ether oxygens (including phenoxy) is 3. The Morgan fingerprint density at radius 3 is 1.80 bits per heavy atom. The number of hydrogen-bond donors (Lipinski definition) is 0. The highest BCUT2D eigenvalue weighted by molar-refractivity contribution is 5.78. The zero-order valence-electron chi connectivity index (χ0n) is 17.1. The van der Waals surface area contributed by atoms with Crippen molar-refractivity contribution in [3.05, 3.63) is 0 Å². The summed E-state index contributed by atoms with van der Waals surface area (Å²) in [5.41, 5.74) is -0.793. The molecule has 5 nitrogen and oxygen atoms in total. The van der Waals surface area contributed by atoms with Crippen molar-refractivity contribution < 1.29 is 23.8 Å². The fraction of sp³-hybridized carbons (Fsp3) is 0.900. The lowest BCUT2D eigenvalue weighted by Gasteiger charge is -2.38. The molecule has 0 bridgehead atoms. The van der Waals surface area contributed by atoms with Gasteiger partial charge in [-0.3, -0.25) is 4.79 Å². The van der Waals surface area contributed by atoms with Gasteiger partial charge in [-0.25, -0.2) is 4.79 Å². The number of carbonyl (C=O) groups excluding carboxylic acids is 2. The summed E-state index contributed by atoms with van der Waals surface area (Å²) in [4.78, 5) is 25.0. The van der Waals surface area contributed by atoms with Crippen LogP contribution in [0.4, 0.5) is 4.79 Å². The van der Waals surface area contributed by atoms with Gasteiger partial charge in [-0.15, -0.1) is 0 Å². The summed E-state index contributed by atoms with van der Waals surface area (Å²) in [5.74, 6) is 0.0447. The fourth-order valence-corrected chi connectivity index (χ4v) is 3.12. The summed E-state index contributed by atoms with van der Waals surface area (Å²) in [7, 11) is 0. The first-order valence-electron chi connectivity index (χ1n) is 9.88. The molecule has 0 saturated heterocycles. The van der Waals surface area contributed by atoms with Crippen molar-refractivity contribution in [1.82, 2.24) is 0 Å². The Labute approximate surface area is 153 Å². The van der Waals surface area contributed by atoms with Crippen LogP contribution in [-0.2, 0) is 19.0 Å². The van der Waals surface area contributed by atoms with E-state index in [0.29, 0.717) is 25.9 Å². The third kappa shape index (κ3) is 8.10. The van der Waals surface area contributed by atoms with Crippen molar-refractivity contribution in [1.29, 1.82) is 0 Å². The van der Waals surface area contributed by atoms with Crippen LogP contribution >= 0.6 is 0 Å². The van der Waals surface area contributed by atoms with Crippen molar-refractivity contribution in [3.8, 4) is 0 Å². The van der Waals surface area contributed by atoms with E-state index in [0.717, 1.165) is 25.7 Å². The average molecular weight is 359 g/mol. The topological polar surface area (TPSA) is 61.8 Å². The van der Waals surface area contributed by atoms with E-state index in [2.05, 4.69) is 27.7 Å².